The maximum absolute atomic E-state index is 13.3. The van der Waals surface area contributed by atoms with Crippen LogP contribution in [-0.2, 0) is 14.8 Å². The van der Waals surface area contributed by atoms with E-state index in [1.54, 1.807) is 50.5 Å². The second kappa shape index (κ2) is 10.4. The predicted molar refractivity (Wildman–Crippen MR) is 133 cm³/mol. The van der Waals surface area contributed by atoms with Crippen LogP contribution in [0.2, 0.25) is 10.2 Å². The topological polar surface area (TPSA) is 115 Å². The number of carbonyl (C=O) groups is 1. The van der Waals surface area contributed by atoms with E-state index in [0.717, 1.165) is 6.34 Å². The number of amides is 1. The van der Waals surface area contributed by atoms with Gasteiger partial charge in [0, 0.05) is 30.2 Å². The van der Waals surface area contributed by atoms with Crippen LogP contribution in [0.3, 0.4) is 0 Å². The third kappa shape index (κ3) is 5.49. The highest BCUT2D eigenvalue weighted by Gasteiger charge is 2.27. The van der Waals surface area contributed by atoms with Crippen LogP contribution in [0, 0.1) is 0 Å². The van der Waals surface area contributed by atoms with Crippen molar-refractivity contribution >= 4 is 45.5 Å². The molecule has 1 heterocycles. The van der Waals surface area contributed by atoms with Crippen LogP contribution in [0.15, 0.2) is 64.0 Å². The Morgan fingerprint density at radius 1 is 1.15 bits per heavy atom. The lowest BCUT2D eigenvalue weighted by atomic mass is 9.89. The number of benzene rings is 2. The quantitative estimate of drug-likeness (QED) is 0.273. The van der Waals surface area contributed by atoms with E-state index in [1.807, 2.05) is 0 Å². The van der Waals surface area contributed by atoms with Gasteiger partial charge in [-0.2, -0.15) is 8.42 Å². The number of sulfonamides is 1. The van der Waals surface area contributed by atoms with Crippen molar-refractivity contribution in [1.29, 1.82) is 0 Å². The Balaban J connectivity index is 2.31. The molecule has 34 heavy (non-hydrogen) atoms. The molecule has 1 aromatic heterocycles. The zero-order valence-corrected chi connectivity index (χ0v) is 20.9. The van der Waals surface area contributed by atoms with Crippen molar-refractivity contribution in [3.05, 3.63) is 76.0 Å². The molecule has 2 N–H and O–H groups in total. The van der Waals surface area contributed by atoms with Gasteiger partial charge < -0.3 is 15.4 Å². The Kier molecular flexibility index (Phi) is 7.81. The predicted octanol–water partition coefficient (Wildman–Crippen LogP) is 3.96. The number of nitrogens with zero attached hydrogens (tertiary/aromatic N) is 3. The average molecular weight is 521 g/mol. The summed E-state index contributed by atoms with van der Waals surface area (Å²) >= 11 is 12.6. The summed E-state index contributed by atoms with van der Waals surface area (Å²) in [6.45, 7) is 0. The van der Waals surface area contributed by atoms with E-state index in [9.17, 15) is 13.2 Å². The lowest BCUT2D eigenvalue weighted by molar-refractivity contribution is -0.118. The van der Waals surface area contributed by atoms with Crippen LogP contribution in [0.4, 0.5) is 0 Å². The van der Waals surface area contributed by atoms with E-state index >= 15 is 0 Å². The second-order valence-corrected chi connectivity index (χ2v) is 9.85. The van der Waals surface area contributed by atoms with Gasteiger partial charge in [0.15, 0.2) is 0 Å². The second-order valence-electron chi connectivity index (χ2n) is 7.49. The largest absolute Gasteiger partial charge is 0.495 e. The molecule has 0 fully saturated rings. The summed E-state index contributed by atoms with van der Waals surface area (Å²) in [7, 11) is 0.504. The van der Waals surface area contributed by atoms with Gasteiger partial charge >= 0.3 is 0 Å². The molecule has 0 saturated carbocycles. The summed E-state index contributed by atoms with van der Waals surface area (Å²) in [5.74, 6) is -1.30. The molecule has 11 heteroatoms. The summed E-state index contributed by atoms with van der Waals surface area (Å²) in [5, 5.41) is 0.393. The molecule has 8 nitrogen and oxygen atoms in total. The Morgan fingerprint density at radius 2 is 1.85 bits per heavy atom. The Labute approximate surface area is 208 Å². The van der Waals surface area contributed by atoms with E-state index in [2.05, 4.69) is 9.38 Å². The number of nitrogens with two attached hydrogens (primary N) is 1. The third-order valence-corrected chi connectivity index (χ3v) is 6.79. The summed E-state index contributed by atoms with van der Waals surface area (Å²) in [4.78, 5) is 17.8. The van der Waals surface area contributed by atoms with Crippen LogP contribution < -0.4 is 10.5 Å². The maximum atomic E-state index is 13.3. The van der Waals surface area contributed by atoms with E-state index < -0.39 is 21.8 Å². The molecular formula is C23H22Cl2N4O4S. The molecule has 0 bridgehead atoms. The number of pyridine rings is 1. The summed E-state index contributed by atoms with van der Waals surface area (Å²) in [6.07, 6.45) is 2.58. The van der Waals surface area contributed by atoms with Gasteiger partial charge in [0.1, 0.15) is 17.2 Å². The minimum absolute atomic E-state index is 0.0687. The molecule has 0 aliphatic rings. The number of carbonyl (C=O) groups excluding carboxylic acids is 1. The van der Waals surface area contributed by atoms with Crippen molar-refractivity contribution in [2.24, 2.45) is 10.1 Å². The molecule has 0 saturated heterocycles. The van der Waals surface area contributed by atoms with E-state index in [1.165, 1.54) is 30.3 Å². The van der Waals surface area contributed by atoms with Crippen molar-refractivity contribution in [1.82, 2.24) is 9.88 Å². The van der Waals surface area contributed by atoms with Crippen LogP contribution in [0.25, 0.3) is 11.1 Å². The van der Waals surface area contributed by atoms with E-state index in [4.69, 9.17) is 33.7 Å². The van der Waals surface area contributed by atoms with Gasteiger partial charge in [0.2, 0.25) is 5.91 Å². The minimum atomic E-state index is -4.23. The van der Waals surface area contributed by atoms with Crippen LogP contribution >= 0.6 is 23.2 Å². The average Bonchev–Trinajstić information content (AvgIpc) is 2.79. The van der Waals surface area contributed by atoms with Gasteiger partial charge in [-0.25, -0.2) is 4.98 Å². The number of rotatable bonds is 8. The standard InChI is InChI=1S/C23H22Cl2N4O4S/c1-29(2)13-28-34(31,32)20-10-14(21(23(26)30)17-6-4-5-7-19(17)24)8-9-16(20)18-11-15(33-3)12-27-22(18)25/h4-13,21H,1-3H3,(H2,26,30). The highest BCUT2D eigenvalue weighted by molar-refractivity contribution is 7.90. The van der Waals surface area contributed by atoms with Gasteiger partial charge in [-0.15, -0.1) is 4.40 Å². The Morgan fingerprint density at radius 3 is 2.47 bits per heavy atom. The molecule has 3 aromatic rings. The fourth-order valence-corrected chi connectivity index (χ4v) is 4.92. The normalized spacial score (nSPS) is 12.5. The van der Waals surface area contributed by atoms with Crippen molar-refractivity contribution < 1.29 is 17.9 Å². The molecule has 0 aliphatic carbocycles. The molecule has 0 radical (unpaired) electrons. The van der Waals surface area contributed by atoms with E-state index in [0.29, 0.717) is 27.5 Å². The van der Waals surface area contributed by atoms with Gasteiger partial charge in [-0.05, 0) is 29.3 Å². The van der Waals surface area contributed by atoms with Crippen LogP contribution in [0.5, 0.6) is 5.75 Å². The molecule has 0 spiro atoms. The summed E-state index contributed by atoms with van der Waals surface area (Å²) < 4.78 is 35.5. The highest BCUT2D eigenvalue weighted by Crippen LogP contribution is 2.38. The fraction of sp³-hybridized carbons (Fsp3) is 0.174. The number of ether oxygens (including phenoxy) is 1. The molecule has 2 aromatic carbocycles. The Bertz CT molecular complexity index is 1360. The lowest BCUT2D eigenvalue weighted by Crippen LogP contribution is -2.23. The molecule has 3 rings (SSSR count). The van der Waals surface area contributed by atoms with Crippen molar-refractivity contribution in [3.63, 3.8) is 0 Å². The van der Waals surface area contributed by atoms with Crippen molar-refractivity contribution in [2.45, 2.75) is 10.8 Å². The van der Waals surface area contributed by atoms with Crippen LogP contribution in [-0.4, -0.2) is 51.8 Å². The first-order valence-corrected chi connectivity index (χ1v) is 12.1. The monoisotopic (exact) mass is 520 g/mol. The van der Waals surface area contributed by atoms with Gasteiger partial charge in [-0.3, -0.25) is 4.79 Å². The zero-order valence-electron chi connectivity index (χ0n) is 18.6. The number of primary amides is 1. The molecule has 0 aliphatic heterocycles. The molecule has 1 atom stereocenters. The van der Waals surface area contributed by atoms with Crippen molar-refractivity contribution in [3.8, 4) is 16.9 Å². The Hall–Kier alpha value is -3.14. The van der Waals surface area contributed by atoms with Gasteiger partial charge in [-0.1, -0.05) is 53.5 Å². The number of aromatic nitrogens is 1. The zero-order chi connectivity index (χ0) is 25.0. The van der Waals surface area contributed by atoms with Gasteiger partial charge in [0.05, 0.1) is 24.1 Å². The highest BCUT2D eigenvalue weighted by atomic mass is 35.5. The summed E-state index contributed by atoms with van der Waals surface area (Å²) in [6, 6.07) is 12.8. The minimum Gasteiger partial charge on any atom is -0.495 e. The van der Waals surface area contributed by atoms with Crippen LogP contribution in [0.1, 0.15) is 17.0 Å². The first-order valence-electron chi connectivity index (χ1n) is 9.89. The number of hydrogen-bond acceptors (Lipinski definition) is 5. The molecule has 1 unspecified atom stereocenters. The lowest BCUT2D eigenvalue weighted by Gasteiger charge is -2.18. The SMILES string of the molecule is COc1cnc(Cl)c(-c2ccc(C(C(N)=O)c3ccccc3Cl)cc2S(=O)(=O)N=CN(C)C)c1. The summed E-state index contributed by atoms with van der Waals surface area (Å²) in [5.41, 5.74) is 7.04. The van der Waals surface area contributed by atoms with Gasteiger partial charge in [0.25, 0.3) is 10.0 Å². The molecule has 1 amide bonds. The van der Waals surface area contributed by atoms with Crippen molar-refractivity contribution in [2.75, 3.05) is 21.2 Å². The number of methoxy groups -OCH3 is 1. The first kappa shape index (κ1) is 25.5. The molecular weight excluding hydrogens is 499 g/mol. The smallest absolute Gasteiger partial charge is 0.284 e. The third-order valence-electron chi connectivity index (χ3n) is 4.87. The maximum Gasteiger partial charge on any atom is 0.284 e. The molecule has 178 valence electrons. The number of hydrogen-bond donors (Lipinski definition) is 1. The number of halogens is 2. The first-order chi connectivity index (χ1) is 16.0. The van der Waals surface area contributed by atoms with E-state index in [-0.39, 0.29) is 15.6 Å². The fourth-order valence-electron chi connectivity index (χ4n) is 3.30.